The predicted octanol–water partition coefficient (Wildman–Crippen LogP) is 2.49. The van der Waals surface area contributed by atoms with Crippen LogP contribution in [0.5, 0.6) is 0 Å². The number of hydrogen-bond acceptors (Lipinski definition) is 4. The molecule has 0 radical (unpaired) electrons. The summed E-state index contributed by atoms with van der Waals surface area (Å²) in [6, 6.07) is 9.79. The Morgan fingerprint density at radius 2 is 1.96 bits per heavy atom. The lowest BCUT2D eigenvalue weighted by molar-refractivity contribution is -0.166. The van der Waals surface area contributed by atoms with Crippen LogP contribution in [0, 0.1) is 0 Å². The SMILES string of the molecule is CN1[C@@H]2CC(OC(=O)C(F)(CBr)Cc3ccccc3)C[C@H]1[C@@H]1O[C@@H]12. The molecular weight excluding hydrogens is 377 g/mol. The fourth-order valence-electron chi connectivity index (χ4n) is 4.15. The minimum Gasteiger partial charge on any atom is -0.460 e. The third kappa shape index (κ3) is 2.78. The maximum atomic E-state index is 15.2. The van der Waals surface area contributed by atoms with Gasteiger partial charge in [-0.05, 0) is 12.6 Å². The number of alkyl halides is 2. The van der Waals surface area contributed by atoms with Gasteiger partial charge in [-0.25, -0.2) is 9.18 Å². The lowest BCUT2D eigenvalue weighted by Crippen LogP contribution is -2.50. The van der Waals surface area contributed by atoms with Crippen molar-refractivity contribution in [1.82, 2.24) is 4.90 Å². The van der Waals surface area contributed by atoms with Crippen molar-refractivity contribution in [1.29, 1.82) is 0 Å². The molecule has 1 aromatic carbocycles. The molecule has 3 fully saturated rings. The van der Waals surface area contributed by atoms with E-state index in [9.17, 15) is 4.79 Å². The Kier molecular flexibility index (Phi) is 4.17. The summed E-state index contributed by atoms with van der Waals surface area (Å²) in [5.41, 5.74) is -1.25. The van der Waals surface area contributed by atoms with E-state index in [-0.39, 0.29) is 30.1 Å². The molecule has 0 N–H and O–H groups in total. The smallest absolute Gasteiger partial charge is 0.345 e. The van der Waals surface area contributed by atoms with Crippen molar-refractivity contribution >= 4 is 21.9 Å². The third-order valence-electron chi connectivity index (χ3n) is 5.55. The average molecular weight is 398 g/mol. The molecule has 0 spiro atoms. The van der Waals surface area contributed by atoms with Crippen LogP contribution in [-0.4, -0.2) is 59.3 Å². The van der Waals surface area contributed by atoms with Crippen LogP contribution >= 0.6 is 15.9 Å². The van der Waals surface area contributed by atoms with Crippen LogP contribution < -0.4 is 0 Å². The number of epoxide rings is 1. The molecule has 2 bridgehead atoms. The van der Waals surface area contributed by atoms with Crippen molar-refractivity contribution in [3.63, 3.8) is 0 Å². The quantitative estimate of drug-likeness (QED) is 0.434. The van der Waals surface area contributed by atoms with Gasteiger partial charge in [0.1, 0.15) is 18.3 Å². The maximum absolute atomic E-state index is 15.2. The molecule has 4 nitrogen and oxygen atoms in total. The van der Waals surface area contributed by atoms with Crippen molar-refractivity contribution in [3.05, 3.63) is 35.9 Å². The molecule has 2 unspecified atom stereocenters. The molecule has 1 aromatic rings. The summed E-state index contributed by atoms with van der Waals surface area (Å²) < 4.78 is 26.4. The van der Waals surface area contributed by atoms with Gasteiger partial charge in [0, 0.05) is 36.7 Å². The highest BCUT2D eigenvalue weighted by molar-refractivity contribution is 9.09. The summed E-state index contributed by atoms with van der Waals surface area (Å²) in [6.45, 7) is 0. The first-order valence-electron chi connectivity index (χ1n) is 8.39. The summed E-state index contributed by atoms with van der Waals surface area (Å²) in [5.74, 6) is -0.758. The highest BCUT2D eigenvalue weighted by Crippen LogP contribution is 2.48. The van der Waals surface area contributed by atoms with Gasteiger partial charge in [-0.3, -0.25) is 4.90 Å². The van der Waals surface area contributed by atoms with Crippen molar-refractivity contribution in [2.45, 2.75) is 55.3 Å². The third-order valence-corrected chi connectivity index (χ3v) is 6.44. The van der Waals surface area contributed by atoms with Crippen molar-refractivity contribution < 1.29 is 18.7 Å². The van der Waals surface area contributed by atoms with E-state index in [4.69, 9.17) is 9.47 Å². The number of nitrogens with zero attached hydrogens (tertiary/aromatic N) is 1. The van der Waals surface area contributed by atoms with E-state index < -0.39 is 11.6 Å². The van der Waals surface area contributed by atoms with Crippen LogP contribution in [0.4, 0.5) is 4.39 Å². The Labute approximate surface area is 149 Å². The molecule has 0 aliphatic carbocycles. The van der Waals surface area contributed by atoms with Gasteiger partial charge in [-0.1, -0.05) is 46.3 Å². The largest absolute Gasteiger partial charge is 0.460 e. The fourth-order valence-corrected chi connectivity index (χ4v) is 4.57. The zero-order valence-electron chi connectivity index (χ0n) is 13.5. The molecule has 3 saturated heterocycles. The van der Waals surface area contributed by atoms with Gasteiger partial charge >= 0.3 is 5.97 Å². The second kappa shape index (κ2) is 6.07. The van der Waals surface area contributed by atoms with Gasteiger partial charge < -0.3 is 9.47 Å². The minimum absolute atomic E-state index is 0.0196. The predicted molar refractivity (Wildman–Crippen MR) is 90.9 cm³/mol. The Morgan fingerprint density at radius 3 is 2.54 bits per heavy atom. The molecule has 3 aliphatic rings. The topological polar surface area (TPSA) is 42.1 Å². The molecule has 0 aromatic heterocycles. The van der Waals surface area contributed by atoms with Crippen molar-refractivity contribution in [3.8, 4) is 0 Å². The number of esters is 1. The first-order valence-corrected chi connectivity index (χ1v) is 9.51. The monoisotopic (exact) mass is 397 g/mol. The van der Waals surface area contributed by atoms with E-state index in [1.807, 2.05) is 30.3 Å². The van der Waals surface area contributed by atoms with Gasteiger partial charge in [0.2, 0.25) is 5.67 Å². The van der Waals surface area contributed by atoms with E-state index in [1.165, 1.54) is 0 Å². The highest BCUT2D eigenvalue weighted by Gasteiger charge is 2.63. The zero-order chi connectivity index (χ0) is 16.9. The van der Waals surface area contributed by atoms with Crippen LogP contribution in [0.3, 0.4) is 0 Å². The molecule has 4 rings (SSSR count). The summed E-state index contributed by atoms with van der Waals surface area (Å²) in [5, 5.41) is -0.0679. The second-order valence-electron chi connectivity index (χ2n) is 7.13. The van der Waals surface area contributed by atoms with Crippen molar-refractivity contribution in [2.24, 2.45) is 0 Å². The number of halogens is 2. The maximum Gasteiger partial charge on any atom is 0.345 e. The van der Waals surface area contributed by atoms with Gasteiger partial charge in [-0.15, -0.1) is 0 Å². The van der Waals surface area contributed by atoms with Crippen LogP contribution in [0.15, 0.2) is 30.3 Å². The van der Waals surface area contributed by atoms with Gasteiger partial charge in [0.15, 0.2) is 0 Å². The van der Waals surface area contributed by atoms with Crippen LogP contribution in [-0.2, 0) is 20.7 Å². The number of carbonyl (C=O) groups is 1. The fraction of sp³-hybridized carbons (Fsp3) is 0.611. The molecule has 6 atom stereocenters. The molecule has 6 heteroatoms. The van der Waals surface area contributed by atoms with Gasteiger partial charge in [0.05, 0.1) is 0 Å². The second-order valence-corrected chi connectivity index (χ2v) is 7.69. The lowest BCUT2D eigenvalue weighted by Gasteiger charge is -2.38. The lowest BCUT2D eigenvalue weighted by atomic mass is 9.96. The number of carbonyl (C=O) groups excluding carboxylic acids is 1. The Morgan fingerprint density at radius 1 is 1.33 bits per heavy atom. The normalized spacial score (nSPS) is 36.7. The van der Waals surface area contributed by atoms with Gasteiger partial charge in [-0.2, -0.15) is 0 Å². The Hall–Kier alpha value is -0.980. The number of likely N-dealkylation sites (N-methyl/N-ethyl adjacent to an activating group) is 1. The van der Waals surface area contributed by atoms with Gasteiger partial charge in [0.25, 0.3) is 0 Å². The summed E-state index contributed by atoms with van der Waals surface area (Å²) >= 11 is 3.15. The van der Waals surface area contributed by atoms with Crippen molar-refractivity contribution in [2.75, 3.05) is 12.4 Å². The summed E-state index contributed by atoms with van der Waals surface area (Å²) in [7, 11) is 2.09. The number of rotatable bonds is 5. The zero-order valence-corrected chi connectivity index (χ0v) is 15.1. The number of morpholine rings is 1. The highest BCUT2D eigenvalue weighted by atomic mass is 79.9. The summed E-state index contributed by atoms with van der Waals surface area (Å²) in [6.07, 6.45) is 1.81. The number of piperidine rings is 1. The van der Waals surface area contributed by atoms with Crippen LogP contribution in [0.1, 0.15) is 18.4 Å². The number of fused-ring (bicyclic) bond motifs is 5. The molecule has 130 valence electrons. The molecule has 0 amide bonds. The standard InChI is InChI=1S/C18H21BrFNO3/c1-21-13-7-12(8-14(21)16-15(13)24-16)23-17(22)18(20,10-19)9-11-5-3-2-4-6-11/h2-6,12-16H,7-10H2,1H3/t12?,13-,14+,15-,16+,18?. The molecule has 0 saturated carbocycles. The van der Waals surface area contributed by atoms with E-state index in [2.05, 4.69) is 27.9 Å². The number of ether oxygens (including phenoxy) is 2. The van der Waals surface area contributed by atoms with E-state index in [0.717, 1.165) is 18.4 Å². The molecular formula is C18H21BrFNO3. The van der Waals surface area contributed by atoms with E-state index in [1.54, 1.807) is 0 Å². The molecule has 3 aliphatic heterocycles. The number of hydrogen-bond donors (Lipinski definition) is 0. The Balaban J connectivity index is 1.41. The molecule has 24 heavy (non-hydrogen) atoms. The van der Waals surface area contributed by atoms with Crippen LogP contribution in [0.2, 0.25) is 0 Å². The minimum atomic E-state index is -2.04. The van der Waals surface area contributed by atoms with E-state index in [0.29, 0.717) is 12.1 Å². The summed E-state index contributed by atoms with van der Waals surface area (Å²) in [4.78, 5) is 14.8. The van der Waals surface area contributed by atoms with E-state index >= 15 is 4.39 Å². The number of benzene rings is 1. The first kappa shape index (κ1) is 16.5. The first-order chi connectivity index (χ1) is 11.5. The average Bonchev–Trinajstić information content (AvgIpc) is 3.33. The van der Waals surface area contributed by atoms with Crippen LogP contribution in [0.25, 0.3) is 0 Å². The molecule has 3 heterocycles. The Bertz CT molecular complexity index is 612.